The Morgan fingerprint density at radius 1 is 1.40 bits per heavy atom. The summed E-state index contributed by atoms with van der Waals surface area (Å²) in [6.07, 6.45) is 8.26. The fraction of sp³-hybridized carbons (Fsp3) is 1.00. The molecule has 3 atom stereocenters. The molecule has 0 saturated heterocycles. The van der Waals surface area contributed by atoms with Crippen LogP contribution in [0.4, 0.5) is 0 Å². The number of hydrogen-bond donors (Lipinski definition) is 1. The van der Waals surface area contributed by atoms with Gasteiger partial charge in [0.05, 0.1) is 12.7 Å². The van der Waals surface area contributed by atoms with Crippen molar-refractivity contribution in [1.82, 2.24) is 5.32 Å². The third kappa shape index (κ3) is 4.98. The summed E-state index contributed by atoms with van der Waals surface area (Å²) in [5.74, 6) is 0.864. The monoisotopic (exact) mass is 213 g/mol. The average molecular weight is 213 g/mol. The minimum absolute atomic E-state index is 0.529. The maximum absolute atomic E-state index is 6.00. The van der Waals surface area contributed by atoms with Crippen molar-refractivity contribution in [3.05, 3.63) is 0 Å². The second kappa shape index (κ2) is 7.24. The van der Waals surface area contributed by atoms with Gasteiger partial charge >= 0.3 is 0 Å². The zero-order chi connectivity index (χ0) is 11.1. The number of ether oxygens (including phenoxy) is 1. The molecule has 2 heteroatoms. The van der Waals surface area contributed by atoms with Crippen LogP contribution in [0.1, 0.15) is 52.4 Å². The Kier molecular flexibility index (Phi) is 6.26. The van der Waals surface area contributed by atoms with E-state index >= 15 is 0 Å². The van der Waals surface area contributed by atoms with Gasteiger partial charge in [0.2, 0.25) is 0 Å². The summed E-state index contributed by atoms with van der Waals surface area (Å²) in [6.45, 7) is 5.46. The van der Waals surface area contributed by atoms with Crippen molar-refractivity contribution in [2.45, 2.75) is 64.5 Å². The van der Waals surface area contributed by atoms with Crippen molar-refractivity contribution in [3.8, 4) is 0 Å². The van der Waals surface area contributed by atoms with E-state index in [0.29, 0.717) is 12.1 Å². The first-order chi connectivity index (χ1) is 7.26. The van der Waals surface area contributed by atoms with Crippen LogP contribution >= 0.6 is 0 Å². The topological polar surface area (TPSA) is 21.3 Å². The SMILES string of the molecule is CCCC(COC1CCCC(C)C1)NC. The van der Waals surface area contributed by atoms with Crippen LogP contribution in [0.5, 0.6) is 0 Å². The molecule has 15 heavy (non-hydrogen) atoms. The van der Waals surface area contributed by atoms with Crippen LogP contribution in [0.15, 0.2) is 0 Å². The van der Waals surface area contributed by atoms with Crippen LogP contribution in [0.2, 0.25) is 0 Å². The Morgan fingerprint density at radius 2 is 2.20 bits per heavy atom. The molecule has 0 radical (unpaired) electrons. The van der Waals surface area contributed by atoms with Crippen LogP contribution in [0.25, 0.3) is 0 Å². The van der Waals surface area contributed by atoms with Crippen molar-refractivity contribution < 1.29 is 4.74 Å². The summed E-state index contributed by atoms with van der Waals surface area (Å²) in [5.41, 5.74) is 0. The first-order valence-corrected chi connectivity index (χ1v) is 6.55. The Hall–Kier alpha value is -0.0800. The van der Waals surface area contributed by atoms with E-state index in [0.717, 1.165) is 12.5 Å². The van der Waals surface area contributed by atoms with Gasteiger partial charge in [0, 0.05) is 6.04 Å². The van der Waals surface area contributed by atoms with E-state index in [1.54, 1.807) is 0 Å². The molecule has 0 aromatic heterocycles. The Morgan fingerprint density at radius 3 is 2.80 bits per heavy atom. The lowest BCUT2D eigenvalue weighted by molar-refractivity contribution is 0.00414. The molecule has 0 spiro atoms. The summed E-state index contributed by atoms with van der Waals surface area (Å²) in [4.78, 5) is 0. The smallest absolute Gasteiger partial charge is 0.0623 e. The highest BCUT2D eigenvalue weighted by atomic mass is 16.5. The van der Waals surface area contributed by atoms with Gasteiger partial charge in [-0.15, -0.1) is 0 Å². The molecule has 1 aliphatic carbocycles. The largest absolute Gasteiger partial charge is 0.377 e. The van der Waals surface area contributed by atoms with Gasteiger partial charge in [0.1, 0.15) is 0 Å². The van der Waals surface area contributed by atoms with E-state index < -0.39 is 0 Å². The van der Waals surface area contributed by atoms with Gasteiger partial charge in [-0.25, -0.2) is 0 Å². The minimum Gasteiger partial charge on any atom is -0.377 e. The standard InChI is InChI=1S/C13H27NO/c1-4-6-12(14-3)10-15-13-8-5-7-11(2)9-13/h11-14H,4-10H2,1-3H3. The van der Waals surface area contributed by atoms with Gasteiger partial charge < -0.3 is 10.1 Å². The van der Waals surface area contributed by atoms with Crippen molar-refractivity contribution in [2.24, 2.45) is 5.92 Å². The second-order valence-electron chi connectivity index (χ2n) is 5.00. The third-order valence-corrected chi connectivity index (χ3v) is 3.47. The molecular weight excluding hydrogens is 186 g/mol. The van der Waals surface area contributed by atoms with Crippen LogP contribution in [0, 0.1) is 5.92 Å². The molecule has 0 bridgehead atoms. The molecule has 0 aromatic rings. The van der Waals surface area contributed by atoms with Crippen molar-refractivity contribution in [3.63, 3.8) is 0 Å². The average Bonchev–Trinajstić information content (AvgIpc) is 2.24. The zero-order valence-electron chi connectivity index (χ0n) is 10.6. The number of hydrogen-bond acceptors (Lipinski definition) is 2. The maximum Gasteiger partial charge on any atom is 0.0623 e. The minimum atomic E-state index is 0.529. The lowest BCUT2D eigenvalue weighted by atomic mass is 9.89. The number of rotatable bonds is 6. The molecule has 0 aromatic carbocycles. The molecule has 1 saturated carbocycles. The summed E-state index contributed by atoms with van der Waals surface area (Å²) in [7, 11) is 2.03. The van der Waals surface area contributed by atoms with Crippen molar-refractivity contribution in [1.29, 1.82) is 0 Å². The summed E-state index contributed by atoms with van der Waals surface area (Å²) >= 11 is 0. The van der Waals surface area contributed by atoms with Gasteiger partial charge in [-0.3, -0.25) is 0 Å². The molecule has 2 nitrogen and oxygen atoms in total. The Labute approximate surface area is 94.8 Å². The molecule has 1 fully saturated rings. The van der Waals surface area contributed by atoms with Gasteiger partial charge in [0.25, 0.3) is 0 Å². The highest BCUT2D eigenvalue weighted by molar-refractivity contribution is 4.72. The van der Waals surface area contributed by atoms with Crippen LogP contribution in [0.3, 0.4) is 0 Å². The zero-order valence-corrected chi connectivity index (χ0v) is 10.6. The van der Waals surface area contributed by atoms with Crippen LogP contribution in [-0.2, 0) is 4.74 Å². The van der Waals surface area contributed by atoms with Crippen LogP contribution < -0.4 is 5.32 Å². The van der Waals surface area contributed by atoms with E-state index in [2.05, 4.69) is 19.2 Å². The van der Waals surface area contributed by atoms with Gasteiger partial charge in [-0.2, -0.15) is 0 Å². The quantitative estimate of drug-likeness (QED) is 0.732. The van der Waals surface area contributed by atoms with Gasteiger partial charge in [-0.1, -0.05) is 33.1 Å². The Bertz CT molecular complexity index is 161. The van der Waals surface area contributed by atoms with Crippen molar-refractivity contribution in [2.75, 3.05) is 13.7 Å². The molecule has 3 unspecified atom stereocenters. The van der Waals surface area contributed by atoms with Crippen molar-refractivity contribution >= 4 is 0 Å². The first-order valence-electron chi connectivity index (χ1n) is 6.55. The van der Waals surface area contributed by atoms with E-state index in [-0.39, 0.29) is 0 Å². The second-order valence-corrected chi connectivity index (χ2v) is 5.00. The highest BCUT2D eigenvalue weighted by Gasteiger charge is 2.20. The number of likely N-dealkylation sites (N-methyl/N-ethyl adjacent to an activating group) is 1. The summed E-state index contributed by atoms with van der Waals surface area (Å²) in [5, 5.41) is 3.33. The fourth-order valence-electron chi connectivity index (χ4n) is 2.44. The predicted octanol–water partition coefficient (Wildman–Crippen LogP) is 2.97. The van der Waals surface area contributed by atoms with Crippen LogP contribution in [-0.4, -0.2) is 25.8 Å². The fourth-order valence-corrected chi connectivity index (χ4v) is 2.44. The van der Waals surface area contributed by atoms with Gasteiger partial charge in [0.15, 0.2) is 0 Å². The maximum atomic E-state index is 6.00. The summed E-state index contributed by atoms with van der Waals surface area (Å²) in [6, 6.07) is 0.548. The molecule has 1 N–H and O–H groups in total. The molecule has 90 valence electrons. The summed E-state index contributed by atoms with van der Waals surface area (Å²) < 4.78 is 6.00. The predicted molar refractivity (Wildman–Crippen MR) is 65.1 cm³/mol. The molecule has 0 amide bonds. The molecule has 0 heterocycles. The molecule has 1 aliphatic rings. The van der Waals surface area contributed by atoms with Gasteiger partial charge in [-0.05, 0) is 32.2 Å². The number of nitrogens with one attached hydrogen (secondary N) is 1. The lowest BCUT2D eigenvalue weighted by Gasteiger charge is -2.28. The normalized spacial score (nSPS) is 29.0. The van der Waals surface area contributed by atoms with E-state index in [4.69, 9.17) is 4.74 Å². The molecule has 1 rings (SSSR count). The third-order valence-electron chi connectivity index (χ3n) is 3.47. The van der Waals surface area contributed by atoms with E-state index in [1.807, 2.05) is 7.05 Å². The molecular formula is C13H27NO. The lowest BCUT2D eigenvalue weighted by Crippen LogP contribution is -2.33. The first kappa shape index (κ1) is 13.0. The van der Waals surface area contributed by atoms with E-state index in [9.17, 15) is 0 Å². The highest BCUT2D eigenvalue weighted by Crippen LogP contribution is 2.25. The Balaban J connectivity index is 2.16. The van der Waals surface area contributed by atoms with E-state index in [1.165, 1.54) is 38.5 Å². The molecule has 0 aliphatic heterocycles.